The van der Waals surface area contributed by atoms with Gasteiger partial charge in [-0.2, -0.15) is 0 Å². The van der Waals surface area contributed by atoms with Gasteiger partial charge in [-0.15, -0.1) is 0 Å². The normalized spacial score (nSPS) is 12.8. The van der Waals surface area contributed by atoms with Gasteiger partial charge in [-0.05, 0) is 63.5 Å². The first-order chi connectivity index (χ1) is 22.0. The molecule has 3 amide bonds. The molecule has 0 radical (unpaired) electrons. The molecule has 0 bridgehead atoms. The quantitative estimate of drug-likeness (QED) is 0.275. The second kappa shape index (κ2) is 16.4. The van der Waals surface area contributed by atoms with Crippen molar-refractivity contribution < 1.29 is 18.8 Å². The second-order valence-corrected chi connectivity index (χ2v) is 12.4. The van der Waals surface area contributed by atoms with E-state index in [4.69, 9.17) is 16.0 Å². The molecule has 12 heteroatoms. The summed E-state index contributed by atoms with van der Waals surface area (Å²) in [4.78, 5) is 56.2. The summed E-state index contributed by atoms with van der Waals surface area (Å²) in [5.74, 6) is -1.15. The third-order valence-electron chi connectivity index (χ3n) is 7.29. The van der Waals surface area contributed by atoms with Crippen molar-refractivity contribution in [3.05, 3.63) is 109 Å². The van der Waals surface area contributed by atoms with Crippen LogP contribution >= 0.6 is 27.5 Å². The van der Waals surface area contributed by atoms with Crippen molar-refractivity contribution in [2.45, 2.75) is 6.92 Å². The minimum Gasteiger partial charge on any atom is -0.451 e. The van der Waals surface area contributed by atoms with E-state index in [1.54, 1.807) is 29.2 Å². The maximum atomic E-state index is 12.8. The third kappa shape index (κ3) is 9.65. The number of halogens is 2. The van der Waals surface area contributed by atoms with E-state index in [9.17, 15) is 19.2 Å². The van der Waals surface area contributed by atoms with E-state index >= 15 is 0 Å². The van der Waals surface area contributed by atoms with Crippen molar-refractivity contribution in [1.82, 2.24) is 20.4 Å². The van der Waals surface area contributed by atoms with Gasteiger partial charge in [0.05, 0.1) is 17.5 Å². The lowest BCUT2D eigenvalue weighted by molar-refractivity contribution is -0.130. The van der Waals surface area contributed by atoms with Gasteiger partial charge >= 0.3 is 0 Å². The fourth-order valence-corrected chi connectivity index (χ4v) is 5.24. The van der Waals surface area contributed by atoms with Crippen LogP contribution in [0.25, 0.3) is 11.0 Å². The number of anilines is 1. The number of fused-ring (bicyclic) bond motifs is 1. The van der Waals surface area contributed by atoms with Crippen LogP contribution in [0, 0.1) is 6.92 Å². The lowest BCUT2D eigenvalue weighted by Crippen LogP contribution is -2.51. The molecule has 2 heterocycles. The molecular formula is C34H37BrClN5O5. The molecular weight excluding hydrogens is 674 g/mol. The fraction of sp³-hybridized carbons (Fsp3) is 0.294. The Kier molecular flexibility index (Phi) is 12.4. The van der Waals surface area contributed by atoms with Crippen LogP contribution in [0.3, 0.4) is 0 Å². The average Bonchev–Trinajstić information content (AvgIpc) is 3.05. The van der Waals surface area contributed by atoms with E-state index in [0.717, 1.165) is 27.8 Å². The molecule has 0 aliphatic carbocycles. The number of nitrogens with zero attached hydrogens (tertiary/aromatic N) is 3. The van der Waals surface area contributed by atoms with E-state index in [-0.39, 0.29) is 29.5 Å². The largest absolute Gasteiger partial charge is 0.451 e. The van der Waals surface area contributed by atoms with Crippen LogP contribution < -0.4 is 21.0 Å². The number of benzene rings is 3. The summed E-state index contributed by atoms with van der Waals surface area (Å²) < 4.78 is 6.30. The molecule has 10 nitrogen and oxygen atoms in total. The monoisotopic (exact) mass is 709 g/mol. The summed E-state index contributed by atoms with van der Waals surface area (Å²) in [5.41, 5.74) is 2.62. The van der Waals surface area contributed by atoms with Crippen molar-refractivity contribution >= 4 is 61.9 Å². The SMILES string of the molecule is CN(C)CCNC(=O)c1ccccc1N1CCN(C(=O)CNC(=O)c2cc(=O)c3cc(Br)ccc3o2)CC1.Cc1ccc(Cl)cc1. The lowest BCUT2D eigenvalue weighted by atomic mass is 10.1. The lowest BCUT2D eigenvalue weighted by Gasteiger charge is -2.37. The molecule has 1 aliphatic rings. The van der Waals surface area contributed by atoms with Gasteiger partial charge in [0.15, 0.2) is 11.2 Å². The molecule has 1 saturated heterocycles. The van der Waals surface area contributed by atoms with Crippen LogP contribution in [0.15, 0.2) is 86.5 Å². The molecule has 0 spiro atoms. The van der Waals surface area contributed by atoms with Crippen molar-refractivity contribution in [1.29, 1.82) is 0 Å². The summed E-state index contributed by atoms with van der Waals surface area (Å²) in [7, 11) is 3.90. The first-order valence-electron chi connectivity index (χ1n) is 14.8. The van der Waals surface area contributed by atoms with E-state index in [1.165, 1.54) is 5.56 Å². The fourth-order valence-electron chi connectivity index (χ4n) is 4.75. The Hall–Kier alpha value is -4.19. The molecule has 1 fully saturated rings. The minimum absolute atomic E-state index is 0.128. The van der Waals surface area contributed by atoms with Crippen molar-refractivity contribution in [2.75, 3.05) is 64.8 Å². The number of aryl methyl sites for hydroxylation is 1. The van der Waals surface area contributed by atoms with Gasteiger partial charge < -0.3 is 29.8 Å². The topological polar surface area (TPSA) is 115 Å². The Labute approximate surface area is 281 Å². The number of hydrogen-bond donors (Lipinski definition) is 2. The summed E-state index contributed by atoms with van der Waals surface area (Å²) in [6.45, 7) is 5.12. The number of carbonyl (C=O) groups excluding carboxylic acids is 3. The smallest absolute Gasteiger partial charge is 0.287 e. The van der Waals surface area contributed by atoms with Gasteiger partial charge in [-0.3, -0.25) is 19.2 Å². The molecule has 1 aromatic heterocycles. The number of likely N-dealkylation sites (N-methyl/N-ethyl adjacent to an activating group) is 1. The number of hydrogen-bond acceptors (Lipinski definition) is 7. The van der Waals surface area contributed by atoms with Crippen LogP contribution in [-0.2, 0) is 4.79 Å². The molecule has 0 unspecified atom stereocenters. The summed E-state index contributed by atoms with van der Waals surface area (Å²) in [6.07, 6.45) is 0. The van der Waals surface area contributed by atoms with Gasteiger partial charge in [0.1, 0.15) is 5.58 Å². The molecule has 0 atom stereocenters. The Balaban J connectivity index is 0.000000523. The van der Waals surface area contributed by atoms with Gasteiger partial charge in [0, 0.05) is 60.5 Å². The highest BCUT2D eigenvalue weighted by atomic mass is 79.9. The molecule has 1 aliphatic heterocycles. The molecule has 46 heavy (non-hydrogen) atoms. The van der Waals surface area contributed by atoms with E-state index < -0.39 is 5.91 Å². The Morgan fingerprint density at radius 1 is 0.913 bits per heavy atom. The standard InChI is InChI=1S/C27H30BrN5O5.C7H7Cl/c1-31(2)10-9-29-26(36)19-5-3-4-6-21(19)32-11-13-33(14-12-32)25(35)17-30-27(37)24-16-22(34)20-15-18(28)7-8-23(20)38-24;1-6-2-4-7(8)5-3-6/h3-8,15-16H,9-14,17H2,1-2H3,(H,29,36)(H,30,37);2-5H,1H3. The first kappa shape index (κ1) is 34.7. The summed E-state index contributed by atoms with van der Waals surface area (Å²) >= 11 is 8.92. The highest BCUT2D eigenvalue weighted by Gasteiger charge is 2.24. The Morgan fingerprint density at radius 3 is 2.28 bits per heavy atom. The van der Waals surface area contributed by atoms with Crippen molar-refractivity contribution in [3.63, 3.8) is 0 Å². The number of amides is 3. The maximum absolute atomic E-state index is 12.8. The van der Waals surface area contributed by atoms with Crippen LogP contribution in [0.2, 0.25) is 5.02 Å². The zero-order chi connectivity index (χ0) is 33.2. The number of piperazine rings is 1. The Morgan fingerprint density at radius 2 is 1.61 bits per heavy atom. The van der Waals surface area contributed by atoms with Crippen LogP contribution in [0.4, 0.5) is 5.69 Å². The molecule has 3 aromatic carbocycles. The Bertz CT molecular complexity index is 1720. The number of nitrogens with one attached hydrogen (secondary N) is 2. The van der Waals surface area contributed by atoms with Crippen LogP contribution in [-0.4, -0.2) is 87.4 Å². The zero-order valence-corrected chi connectivity index (χ0v) is 28.4. The third-order valence-corrected chi connectivity index (χ3v) is 8.04. The first-order valence-corrected chi connectivity index (χ1v) is 16.0. The van der Waals surface area contributed by atoms with Crippen molar-refractivity contribution in [3.8, 4) is 0 Å². The maximum Gasteiger partial charge on any atom is 0.287 e. The zero-order valence-electron chi connectivity index (χ0n) is 26.0. The van der Waals surface area contributed by atoms with Gasteiger partial charge in [-0.1, -0.05) is 57.4 Å². The van der Waals surface area contributed by atoms with Gasteiger partial charge in [-0.25, -0.2) is 0 Å². The van der Waals surface area contributed by atoms with Gasteiger partial charge in [0.2, 0.25) is 5.91 Å². The van der Waals surface area contributed by atoms with Crippen LogP contribution in [0.1, 0.15) is 26.5 Å². The molecule has 2 N–H and O–H groups in total. The van der Waals surface area contributed by atoms with Crippen LogP contribution in [0.5, 0.6) is 0 Å². The second-order valence-electron chi connectivity index (χ2n) is 11.0. The van der Waals surface area contributed by atoms with Crippen molar-refractivity contribution in [2.24, 2.45) is 0 Å². The number of carbonyl (C=O) groups is 3. The predicted molar refractivity (Wildman–Crippen MR) is 185 cm³/mol. The van der Waals surface area contributed by atoms with E-state index in [0.29, 0.717) is 49.3 Å². The number of rotatable bonds is 8. The van der Waals surface area contributed by atoms with E-state index in [1.807, 2.05) is 68.4 Å². The summed E-state index contributed by atoms with van der Waals surface area (Å²) in [5, 5.41) is 6.66. The number of para-hydroxylation sites is 1. The molecule has 5 rings (SSSR count). The summed E-state index contributed by atoms with van der Waals surface area (Å²) in [6, 6.07) is 21.3. The van der Waals surface area contributed by atoms with Gasteiger partial charge in [0.25, 0.3) is 11.8 Å². The molecule has 242 valence electrons. The highest BCUT2D eigenvalue weighted by molar-refractivity contribution is 9.10. The average molecular weight is 711 g/mol. The highest BCUT2D eigenvalue weighted by Crippen LogP contribution is 2.22. The molecule has 4 aromatic rings. The predicted octanol–water partition coefficient (Wildman–Crippen LogP) is 4.57. The minimum atomic E-state index is -0.631. The van der Waals surface area contributed by atoms with E-state index in [2.05, 4.69) is 31.5 Å². The molecule has 0 saturated carbocycles.